The van der Waals surface area contributed by atoms with Crippen molar-refractivity contribution in [2.75, 3.05) is 13.2 Å². The molecule has 0 amide bonds. The molecule has 0 saturated heterocycles. The molecule has 0 N–H and O–H groups in total. The Morgan fingerprint density at radius 3 is 1.42 bits per heavy atom. The van der Waals surface area contributed by atoms with E-state index >= 15 is 0 Å². The Labute approximate surface area is 152 Å². The number of fused-ring (bicyclic) bond motifs is 9. The maximum absolute atomic E-state index is 5.93. The molecule has 3 aromatic rings. The highest BCUT2D eigenvalue weighted by Crippen LogP contribution is 2.29. The number of rotatable bonds is 0. The van der Waals surface area contributed by atoms with Crippen molar-refractivity contribution >= 4 is 0 Å². The molecule has 1 aromatic heterocycles. The van der Waals surface area contributed by atoms with Crippen molar-refractivity contribution in [1.82, 2.24) is 20.4 Å². The van der Waals surface area contributed by atoms with Crippen LogP contribution in [-0.2, 0) is 0 Å². The van der Waals surface area contributed by atoms with Crippen LogP contribution in [0, 0.1) is 0 Å². The molecule has 132 valence electrons. The Kier molecular flexibility index (Phi) is 5.00. The first-order valence-corrected chi connectivity index (χ1v) is 8.93. The maximum Gasteiger partial charge on any atom is 0.207 e. The van der Waals surface area contributed by atoms with Crippen LogP contribution in [0.3, 0.4) is 0 Å². The molecule has 3 heterocycles. The number of hydrogen-bond acceptors (Lipinski definition) is 6. The maximum atomic E-state index is 5.93. The van der Waals surface area contributed by atoms with E-state index in [2.05, 4.69) is 20.4 Å². The molecule has 0 fully saturated rings. The summed E-state index contributed by atoms with van der Waals surface area (Å²) in [5.74, 6) is 2.43. The zero-order valence-electron chi connectivity index (χ0n) is 14.5. The van der Waals surface area contributed by atoms with Crippen LogP contribution in [0.1, 0.15) is 25.7 Å². The number of benzene rings is 2. The van der Waals surface area contributed by atoms with Gasteiger partial charge in [0.2, 0.25) is 11.6 Å². The second-order valence-electron chi connectivity index (χ2n) is 6.15. The predicted octanol–water partition coefficient (Wildman–Crippen LogP) is 3.93. The quantitative estimate of drug-likeness (QED) is 0.613. The second kappa shape index (κ2) is 7.91. The van der Waals surface area contributed by atoms with Gasteiger partial charge in [-0.3, -0.25) is 0 Å². The molecular formula is C20H20N4O2. The SMILES string of the molecule is c1ccc2c(c1)OCCCCCCOc1ccccc1-c1nnc-2nn1. The van der Waals surface area contributed by atoms with Gasteiger partial charge in [0, 0.05) is 0 Å². The van der Waals surface area contributed by atoms with Crippen molar-refractivity contribution in [3.8, 4) is 34.3 Å². The summed E-state index contributed by atoms with van der Waals surface area (Å²) in [5.41, 5.74) is 1.60. The first-order chi connectivity index (χ1) is 12.9. The number of ether oxygens (including phenoxy) is 2. The standard InChI is InChI=1S/C20H20N4O2/c1-2-8-14-26-18-12-6-4-10-16(18)20-23-21-19(22-24-20)15-9-3-5-11-17(15)25-13-7-1/h3-6,9-12H,1-2,7-8,13-14H2. The fourth-order valence-electron chi connectivity index (χ4n) is 2.92. The van der Waals surface area contributed by atoms with Crippen molar-refractivity contribution in [1.29, 1.82) is 0 Å². The minimum atomic E-state index is 0.454. The van der Waals surface area contributed by atoms with Crippen molar-refractivity contribution in [3.05, 3.63) is 48.5 Å². The second-order valence-corrected chi connectivity index (χ2v) is 6.15. The van der Waals surface area contributed by atoms with Crippen LogP contribution in [0.2, 0.25) is 0 Å². The van der Waals surface area contributed by atoms with E-state index in [1.807, 2.05) is 48.5 Å². The van der Waals surface area contributed by atoms with Crippen LogP contribution in [0.25, 0.3) is 22.8 Å². The molecule has 0 spiro atoms. The summed E-state index contributed by atoms with van der Waals surface area (Å²) in [5, 5.41) is 17.1. The van der Waals surface area contributed by atoms with Gasteiger partial charge in [0.05, 0.1) is 24.3 Å². The molecule has 6 heteroatoms. The minimum absolute atomic E-state index is 0.454. The Balaban J connectivity index is 1.73. The van der Waals surface area contributed by atoms with E-state index in [0.717, 1.165) is 48.3 Å². The monoisotopic (exact) mass is 348 g/mol. The number of nitrogens with zero attached hydrogens (tertiary/aromatic N) is 4. The van der Waals surface area contributed by atoms with Crippen LogP contribution >= 0.6 is 0 Å². The lowest BCUT2D eigenvalue weighted by Gasteiger charge is -2.12. The van der Waals surface area contributed by atoms with E-state index in [4.69, 9.17) is 9.47 Å². The normalized spacial score (nSPS) is 14.6. The van der Waals surface area contributed by atoms with Crippen molar-refractivity contribution in [2.45, 2.75) is 25.7 Å². The Morgan fingerprint density at radius 1 is 0.538 bits per heavy atom. The third kappa shape index (κ3) is 3.64. The number of aromatic nitrogens is 4. The number of para-hydroxylation sites is 2. The van der Waals surface area contributed by atoms with E-state index < -0.39 is 0 Å². The van der Waals surface area contributed by atoms with E-state index in [0.29, 0.717) is 24.9 Å². The van der Waals surface area contributed by atoms with Gasteiger partial charge in [0.1, 0.15) is 11.5 Å². The Hall–Kier alpha value is -3.02. The molecule has 2 aliphatic heterocycles. The first-order valence-electron chi connectivity index (χ1n) is 8.93. The summed E-state index contributed by atoms with van der Waals surface area (Å²) in [6.45, 7) is 1.33. The molecule has 0 atom stereocenters. The zero-order valence-corrected chi connectivity index (χ0v) is 14.5. The smallest absolute Gasteiger partial charge is 0.207 e. The summed E-state index contributed by atoms with van der Waals surface area (Å²) in [6.07, 6.45) is 4.23. The highest BCUT2D eigenvalue weighted by Gasteiger charge is 2.14. The van der Waals surface area contributed by atoms with Crippen molar-refractivity contribution < 1.29 is 9.47 Å². The lowest BCUT2D eigenvalue weighted by molar-refractivity contribution is 0.288. The van der Waals surface area contributed by atoms with Crippen LogP contribution < -0.4 is 9.47 Å². The van der Waals surface area contributed by atoms with Crippen LogP contribution in [-0.4, -0.2) is 33.6 Å². The molecule has 0 radical (unpaired) electrons. The van der Waals surface area contributed by atoms with Gasteiger partial charge >= 0.3 is 0 Å². The Morgan fingerprint density at radius 2 is 0.962 bits per heavy atom. The Bertz CT molecular complexity index is 795. The van der Waals surface area contributed by atoms with Crippen LogP contribution in [0.5, 0.6) is 11.5 Å². The summed E-state index contributed by atoms with van der Waals surface area (Å²) in [4.78, 5) is 0. The van der Waals surface area contributed by atoms with Gasteiger partial charge in [-0.1, -0.05) is 24.3 Å². The van der Waals surface area contributed by atoms with Gasteiger partial charge in [-0.2, -0.15) is 0 Å². The summed E-state index contributed by atoms with van der Waals surface area (Å²) in [7, 11) is 0. The lowest BCUT2D eigenvalue weighted by Crippen LogP contribution is -2.05. The van der Waals surface area contributed by atoms with Gasteiger partial charge in [-0.25, -0.2) is 0 Å². The lowest BCUT2D eigenvalue weighted by atomic mass is 10.1. The average molecular weight is 348 g/mol. The molecule has 26 heavy (non-hydrogen) atoms. The molecule has 6 nitrogen and oxygen atoms in total. The third-order valence-electron chi connectivity index (χ3n) is 4.29. The molecule has 5 rings (SSSR count). The molecule has 0 saturated carbocycles. The fraction of sp³-hybridized carbons (Fsp3) is 0.300. The molecule has 2 bridgehead atoms. The molecule has 2 aromatic carbocycles. The fourth-order valence-corrected chi connectivity index (χ4v) is 2.92. The van der Waals surface area contributed by atoms with Crippen molar-refractivity contribution in [2.24, 2.45) is 0 Å². The highest BCUT2D eigenvalue weighted by atomic mass is 16.5. The third-order valence-corrected chi connectivity index (χ3v) is 4.29. The highest BCUT2D eigenvalue weighted by molar-refractivity contribution is 5.65. The van der Waals surface area contributed by atoms with Gasteiger partial charge in [-0.15, -0.1) is 20.4 Å². The molecule has 2 aliphatic rings. The molecule has 0 aliphatic carbocycles. The topological polar surface area (TPSA) is 70.0 Å². The van der Waals surface area contributed by atoms with Crippen LogP contribution in [0.15, 0.2) is 48.5 Å². The van der Waals surface area contributed by atoms with Gasteiger partial charge in [0.15, 0.2) is 0 Å². The summed E-state index contributed by atoms with van der Waals surface area (Å²) < 4.78 is 11.9. The van der Waals surface area contributed by atoms with Gasteiger partial charge < -0.3 is 9.47 Å². The minimum Gasteiger partial charge on any atom is -0.493 e. The van der Waals surface area contributed by atoms with Gasteiger partial charge in [0.25, 0.3) is 0 Å². The zero-order chi connectivity index (χ0) is 17.6. The van der Waals surface area contributed by atoms with E-state index in [-0.39, 0.29) is 0 Å². The number of hydrogen-bond donors (Lipinski definition) is 0. The summed E-state index contributed by atoms with van der Waals surface area (Å²) in [6, 6.07) is 15.5. The predicted molar refractivity (Wildman–Crippen MR) is 98.0 cm³/mol. The van der Waals surface area contributed by atoms with Crippen LogP contribution in [0.4, 0.5) is 0 Å². The van der Waals surface area contributed by atoms with E-state index in [1.54, 1.807) is 0 Å². The largest absolute Gasteiger partial charge is 0.493 e. The molecular weight excluding hydrogens is 328 g/mol. The average Bonchev–Trinajstić information content (AvgIpc) is 2.70. The first kappa shape index (κ1) is 16.4. The summed E-state index contributed by atoms with van der Waals surface area (Å²) >= 11 is 0. The van der Waals surface area contributed by atoms with Crippen molar-refractivity contribution in [3.63, 3.8) is 0 Å². The van der Waals surface area contributed by atoms with E-state index in [1.165, 1.54) is 0 Å². The van der Waals surface area contributed by atoms with Gasteiger partial charge in [-0.05, 0) is 49.9 Å². The molecule has 0 unspecified atom stereocenters. The van der Waals surface area contributed by atoms with E-state index in [9.17, 15) is 0 Å².